The molecule has 5 heteroatoms. The van der Waals surface area contributed by atoms with Crippen LogP contribution in [0, 0.1) is 11.3 Å². The van der Waals surface area contributed by atoms with Crippen molar-refractivity contribution < 1.29 is 10.3 Å². The topological polar surface area (TPSA) is 90.9 Å². The molecule has 0 heterocycles. The monoisotopic (exact) mass is 231 g/mol. The fourth-order valence-electron chi connectivity index (χ4n) is 1.15. The predicted octanol–water partition coefficient (Wildman–Crippen LogP) is 0.756. The number of rotatable bonds is 7. The van der Waals surface area contributed by atoms with Gasteiger partial charge in [0.2, 0.25) is 0 Å². The van der Waals surface area contributed by atoms with Gasteiger partial charge in [0.1, 0.15) is 5.84 Å². The highest BCUT2D eigenvalue weighted by atomic mass is 16.4. The molecule has 0 bridgehead atoms. The lowest BCUT2D eigenvalue weighted by Gasteiger charge is -2.23. The largest absolute Gasteiger partial charge is 0.409 e. The summed E-state index contributed by atoms with van der Waals surface area (Å²) in [6, 6.07) is 0. The van der Waals surface area contributed by atoms with E-state index >= 15 is 0 Å². The Morgan fingerprint density at radius 3 is 2.44 bits per heavy atom. The van der Waals surface area contributed by atoms with Crippen molar-refractivity contribution in [3.05, 3.63) is 0 Å². The number of aliphatic hydroxyl groups excluding tert-OH is 1. The van der Waals surface area contributed by atoms with Crippen LogP contribution in [0.4, 0.5) is 0 Å². The van der Waals surface area contributed by atoms with Gasteiger partial charge in [-0.2, -0.15) is 0 Å². The molecule has 0 aliphatic carbocycles. The molecule has 1 atom stereocenters. The summed E-state index contributed by atoms with van der Waals surface area (Å²) in [5.74, 6) is 0.489. The molecular weight excluding hydrogens is 206 g/mol. The maximum atomic E-state index is 9.56. The summed E-state index contributed by atoms with van der Waals surface area (Å²) in [4.78, 5) is 0. The number of nitrogens with zero attached hydrogens (tertiary/aromatic N) is 1. The Labute approximate surface area is 97.7 Å². The zero-order valence-corrected chi connectivity index (χ0v) is 10.7. The maximum Gasteiger partial charge on any atom is 0.144 e. The van der Waals surface area contributed by atoms with E-state index in [1.165, 1.54) is 0 Å². The Morgan fingerprint density at radius 2 is 2.00 bits per heavy atom. The Morgan fingerprint density at radius 1 is 1.44 bits per heavy atom. The lowest BCUT2D eigenvalue weighted by atomic mass is 9.88. The van der Waals surface area contributed by atoms with Crippen LogP contribution in [0.5, 0.6) is 0 Å². The second kappa shape index (κ2) is 6.70. The number of aliphatic hydroxyl groups is 1. The van der Waals surface area contributed by atoms with Crippen molar-refractivity contribution in [3.8, 4) is 0 Å². The molecule has 0 saturated carbocycles. The first-order valence-electron chi connectivity index (χ1n) is 5.68. The second-order valence-corrected chi connectivity index (χ2v) is 5.13. The van der Waals surface area contributed by atoms with Crippen LogP contribution in [0.25, 0.3) is 0 Å². The van der Waals surface area contributed by atoms with E-state index in [4.69, 9.17) is 10.9 Å². The van der Waals surface area contributed by atoms with Crippen LogP contribution in [-0.2, 0) is 0 Å². The minimum Gasteiger partial charge on any atom is -0.409 e. The molecule has 96 valence electrons. The summed E-state index contributed by atoms with van der Waals surface area (Å²) in [5, 5.41) is 24.3. The van der Waals surface area contributed by atoms with Crippen LogP contribution in [0.15, 0.2) is 5.16 Å². The molecule has 0 radical (unpaired) electrons. The van der Waals surface area contributed by atoms with Gasteiger partial charge in [-0.25, -0.2) is 0 Å². The van der Waals surface area contributed by atoms with Gasteiger partial charge in [-0.05, 0) is 18.9 Å². The molecule has 0 rings (SSSR count). The van der Waals surface area contributed by atoms with E-state index in [-0.39, 0.29) is 23.3 Å². The smallest absolute Gasteiger partial charge is 0.144 e. The van der Waals surface area contributed by atoms with E-state index < -0.39 is 0 Å². The van der Waals surface area contributed by atoms with E-state index in [0.717, 1.165) is 13.0 Å². The lowest BCUT2D eigenvalue weighted by molar-refractivity contribution is 0.123. The summed E-state index contributed by atoms with van der Waals surface area (Å²) in [6.45, 7) is 9.10. The van der Waals surface area contributed by atoms with Gasteiger partial charge in [0.25, 0.3) is 0 Å². The number of nitrogens with one attached hydrogen (secondary N) is 1. The van der Waals surface area contributed by atoms with Gasteiger partial charge < -0.3 is 21.4 Å². The van der Waals surface area contributed by atoms with Gasteiger partial charge in [0.15, 0.2) is 0 Å². The third-order valence-corrected chi connectivity index (χ3v) is 2.85. The van der Waals surface area contributed by atoms with E-state index in [9.17, 15) is 5.11 Å². The highest BCUT2D eigenvalue weighted by molar-refractivity contribution is 5.85. The Bertz CT molecular complexity index is 227. The van der Waals surface area contributed by atoms with Crippen molar-refractivity contribution in [2.24, 2.45) is 22.2 Å². The van der Waals surface area contributed by atoms with Crippen LogP contribution in [-0.4, -0.2) is 35.3 Å². The minimum atomic E-state index is -0.329. The first kappa shape index (κ1) is 15.2. The SMILES string of the molecule is CC(C)C(O)CNCCC(C)(C)C(N)=NO. The number of hydrogen-bond donors (Lipinski definition) is 4. The first-order valence-corrected chi connectivity index (χ1v) is 5.68. The Kier molecular flexibility index (Phi) is 6.36. The van der Waals surface area contributed by atoms with Crippen molar-refractivity contribution in [2.75, 3.05) is 13.1 Å². The fraction of sp³-hybridized carbons (Fsp3) is 0.909. The van der Waals surface area contributed by atoms with Gasteiger partial charge in [-0.3, -0.25) is 0 Å². The van der Waals surface area contributed by atoms with Gasteiger partial charge in [0, 0.05) is 12.0 Å². The van der Waals surface area contributed by atoms with Gasteiger partial charge >= 0.3 is 0 Å². The molecule has 0 aromatic carbocycles. The summed E-state index contributed by atoms with van der Waals surface area (Å²) >= 11 is 0. The third-order valence-electron chi connectivity index (χ3n) is 2.85. The number of amidine groups is 1. The normalized spacial score (nSPS) is 15.5. The molecule has 1 unspecified atom stereocenters. The lowest BCUT2D eigenvalue weighted by Crippen LogP contribution is -2.37. The molecule has 16 heavy (non-hydrogen) atoms. The van der Waals surface area contributed by atoms with Crippen molar-refractivity contribution in [1.29, 1.82) is 0 Å². The number of nitrogens with two attached hydrogens (primary N) is 1. The van der Waals surface area contributed by atoms with Gasteiger partial charge in [-0.15, -0.1) is 0 Å². The standard InChI is InChI=1S/C11H25N3O2/c1-8(2)9(15)7-13-6-5-11(3,4)10(12)14-16/h8-9,13,15-16H,5-7H2,1-4H3,(H2,12,14). The summed E-state index contributed by atoms with van der Waals surface area (Å²) in [6.07, 6.45) is 0.431. The van der Waals surface area contributed by atoms with Crippen LogP contribution in [0.2, 0.25) is 0 Å². The number of hydrogen-bond acceptors (Lipinski definition) is 4. The van der Waals surface area contributed by atoms with Crippen LogP contribution >= 0.6 is 0 Å². The third kappa shape index (κ3) is 5.32. The highest BCUT2D eigenvalue weighted by Crippen LogP contribution is 2.19. The van der Waals surface area contributed by atoms with Crippen LogP contribution in [0.1, 0.15) is 34.1 Å². The number of oxime groups is 1. The van der Waals surface area contributed by atoms with Gasteiger partial charge in [0.05, 0.1) is 6.10 Å². The average Bonchev–Trinajstić information content (AvgIpc) is 2.22. The quantitative estimate of drug-likeness (QED) is 0.171. The molecule has 5 N–H and O–H groups in total. The van der Waals surface area contributed by atoms with Crippen molar-refractivity contribution >= 4 is 5.84 Å². The summed E-state index contributed by atoms with van der Waals surface area (Å²) < 4.78 is 0. The minimum absolute atomic E-state index is 0.235. The first-order chi connectivity index (χ1) is 7.31. The molecule has 0 aromatic heterocycles. The van der Waals surface area contributed by atoms with E-state index in [1.807, 2.05) is 27.7 Å². The molecule has 0 spiro atoms. The van der Waals surface area contributed by atoms with E-state index in [0.29, 0.717) is 6.54 Å². The molecule has 0 aliphatic rings. The molecule has 0 saturated heterocycles. The zero-order chi connectivity index (χ0) is 12.8. The van der Waals surface area contributed by atoms with E-state index in [2.05, 4.69) is 10.5 Å². The highest BCUT2D eigenvalue weighted by Gasteiger charge is 2.22. The molecule has 0 aromatic rings. The van der Waals surface area contributed by atoms with Crippen LogP contribution < -0.4 is 11.1 Å². The second-order valence-electron chi connectivity index (χ2n) is 5.13. The molecule has 0 aliphatic heterocycles. The Balaban J connectivity index is 3.82. The molecular formula is C11H25N3O2. The molecule has 0 amide bonds. The average molecular weight is 231 g/mol. The molecule has 5 nitrogen and oxygen atoms in total. The Hall–Kier alpha value is -0.810. The predicted molar refractivity (Wildman–Crippen MR) is 65.5 cm³/mol. The summed E-state index contributed by atoms with van der Waals surface area (Å²) in [7, 11) is 0. The maximum absolute atomic E-state index is 9.56. The summed E-state index contributed by atoms with van der Waals surface area (Å²) in [5.41, 5.74) is 5.23. The van der Waals surface area contributed by atoms with Crippen molar-refractivity contribution in [1.82, 2.24) is 5.32 Å². The molecule has 0 fully saturated rings. The van der Waals surface area contributed by atoms with Crippen LogP contribution in [0.3, 0.4) is 0 Å². The van der Waals surface area contributed by atoms with Crippen molar-refractivity contribution in [3.63, 3.8) is 0 Å². The van der Waals surface area contributed by atoms with Gasteiger partial charge in [-0.1, -0.05) is 32.9 Å². The fourth-order valence-corrected chi connectivity index (χ4v) is 1.15. The van der Waals surface area contributed by atoms with Crippen molar-refractivity contribution in [2.45, 2.75) is 40.2 Å². The zero-order valence-electron chi connectivity index (χ0n) is 10.7. The van der Waals surface area contributed by atoms with E-state index in [1.54, 1.807) is 0 Å².